The molecule has 2 aromatic carbocycles. The predicted molar refractivity (Wildman–Crippen MR) is 111 cm³/mol. The summed E-state index contributed by atoms with van der Waals surface area (Å²) in [6, 6.07) is 11.5. The molecule has 0 aliphatic carbocycles. The smallest absolute Gasteiger partial charge is 0.322 e. The molecule has 0 saturated heterocycles. The number of methoxy groups -OCH3 is 1. The van der Waals surface area contributed by atoms with Gasteiger partial charge in [0, 0.05) is 44.6 Å². The first kappa shape index (κ1) is 23.1. The largest absolute Gasteiger partial charge is 0.385 e. The molecule has 0 radical (unpaired) electrons. The van der Waals surface area contributed by atoms with Crippen LogP contribution in [0.5, 0.6) is 5.75 Å². The first-order chi connectivity index (χ1) is 14.2. The van der Waals surface area contributed by atoms with Crippen LogP contribution >= 0.6 is 0 Å². The topological polar surface area (TPSA) is 128 Å². The summed E-state index contributed by atoms with van der Waals surface area (Å²) < 4.78 is 32.2. The summed E-state index contributed by atoms with van der Waals surface area (Å²) in [5, 5.41) is 13.5. The van der Waals surface area contributed by atoms with Crippen LogP contribution in [0.15, 0.2) is 48.5 Å². The van der Waals surface area contributed by atoms with E-state index in [1.165, 1.54) is 36.4 Å². The average Bonchev–Trinajstić information content (AvgIpc) is 2.68. The molecular weight excluding hydrogens is 414 g/mol. The lowest BCUT2D eigenvalue weighted by Crippen LogP contribution is -2.35. The molecule has 30 heavy (non-hydrogen) atoms. The zero-order valence-corrected chi connectivity index (χ0v) is 17.4. The van der Waals surface area contributed by atoms with Crippen LogP contribution < -0.4 is 9.50 Å². The Morgan fingerprint density at radius 2 is 1.77 bits per heavy atom. The number of nitrogens with one attached hydrogen (secondary N) is 1. The van der Waals surface area contributed by atoms with Gasteiger partial charge in [-0.15, -0.1) is 0 Å². The molecule has 0 heterocycles. The van der Waals surface area contributed by atoms with Gasteiger partial charge in [-0.1, -0.05) is 12.1 Å². The van der Waals surface area contributed by atoms with Crippen LogP contribution in [0, 0.1) is 10.1 Å². The minimum atomic E-state index is -3.62. The standard InChI is InChI=1S/C19H23N3O7S/c1-28-13-3-12-21(14-15-4-10-18(11-5-15)29-30(2,26)27)19(23)20-16-6-8-17(9-7-16)22(24)25/h4-11H,3,12-14H2,1-2H3,(H,20,23). The average molecular weight is 437 g/mol. The van der Waals surface area contributed by atoms with Crippen LogP contribution in [0.2, 0.25) is 0 Å². The Balaban J connectivity index is 2.08. The highest BCUT2D eigenvalue weighted by molar-refractivity contribution is 7.86. The normalized spacial score (nSPS) is 11.0. The predicted octanol–water partition coefficient (Wildman–Crippen LogP) is 3.00. The zero-order valence-electron chi connectivity index (χ0n) is 16.6. The van der Waals surface area contributed by atoms with Crippen LogP contribution in [-0.4, -0.2) is 50.8 Å². The highest BCUT2D eigenvalue weighted by Gasteiger charge is 2.15. The van der Waals surface area contributed by atoms with E-state index in [-0.39, 0.29) is 24.0 Å². The second-order valence-electron chi connectivity index (χ2n) is 6.43. The molecule has 0 spiro atoms. The fourth-order valence-corrected chi connectivity index (χ4v) is 3.03. The van der Waals surface area contributed by atoms with Gasteiger partial charge in [-0.25, -0.2) is 4.79 Å². The molecule has 10 nitrogen and oxygen atoms in total. The van der Waals surface area contributed by atoms with E-state index >= 15 is 0 Å². The molecule has 2 aromatic rings. The number of carbonyl (C=O) groups is 1. The van der Waals surface area contributed by atoms with E-state index in [0.29, 0.717) is 25.3 Å². The summed E-state index contributed by atoms with van der Waals surface area (Å²) >= 11 is 0. The minimum Gasteiger partial charge on any atom is -0.385 e. The fourth-order valence-electron chi connectivity index (χ4n) is 2.57. The van der Waals surface area contributed by atoms with Gasteiger partial charge in [-0.2, -0.15) is 8.42 Å². The van der Waals surface area contributed by atoms with E-state index in [1.54, 1.807) is 24.1 Å². The number of nitro groups is 1. The number of nitro benzene ring substituents is 1. The van der Waals surface area contributed by atoms with Crippen molar-refractivity contribution in [3.8, 4) is 5.75 Å². The first-order valence-corrected chi connectivity index (χ1v) is 10.8. The third kappa shape index (κ3) is 7.68. The maximum absolute atomic E-state index is 12.7. The van der Waals surface area contributed by atoms with Gasteiger partial charge in [-0.3, -0.25) is 10.1 Å². The number of hydrogen-bond acceptors (Lipinski definition) is 7. The number of amides is 2. The summed E-state index contributed by atoms with van der Waals surface area (Å²) in [4.78, 5) is 24.5. The lowest BCUT2D eigenvalue weighted by atomic mass is 10.2. The molecule has 0 aliphatic rings. The van der Waals surface area contributed by atoms with Crippen molar-refractivity contribution in [1.82, 2.24) is 4.90 Å². The maximum atomic E-state index is 12.7. The van der Waals surface area contributed by atoms with Gasteiger partial charge in [0.1, 0.15) is 5.75 Å². The molecule has 162 valence electrons. The number of carbonyl (C=O) groups excluding carboxylic acids is 1. The summed E-state index contributed by atoms with van der Waals surface area (Å²) in [6.45, 7) is 1.15. The van der Waals surface area contributed by atoms with Crippen molar-refractivity contribution in [3.05, 3.63) is 64.2 Å². The number of nitrogens with zero attached hydrogens (tertiary/aromatic N) is 2. The molecule has 0 atom stereocenters. The highest BCUT2D eigenvalue weighted by atomic mass is 32.2. The van der Waals surface area contributed by atoms with E-state index < -0.39 is 15.0 Å². The third-order valence-electron chi connectivity index (χ3n) is 3.94. The van der Waals surface area contributed by atoms with Gasteiger partial charge in [0.25, 0.3) is 5.69 Å². The van der Waals surface area contributed by atoms with Crippen LogP contribution in [-0.2, 0) is 21.4 Å². The number of rotatable bonds is 10. The number of ether oxygens (including phenoxy) is 1. The molecule has 1 N–H and O–H groups in total. The van der Waals surface area contributed by atoms with Gasteiger partial charge in [0.05, 0.1) is 11.2 Å². The van der Waals surface area contributed by atoms with Crippen molar-refractivity contribution >= 4 is 27.5 Å². The number of benzene rings is 2. The number of non-ortho nitro benzene ring substituents is 1. The second-order valence-corrected chi connectivity index (χ2v) is 8.01. The minimum absolute atomic E-state index is 0.0682. The summed E-state index contributed by atoms with van der Waals surface area (Å²) in [6.07, 6.45) is 1.57. The quantitative estimate of drug-likeness (QED) is 0.262. The molecule has 0 bridgehead atoms. The monoisotopic (exact) mass is 437 g/mol. The van der Waals surface area contributed by atoms with Crippen molar-refractivity contribution in [3.63, 3.8) is 0 Å². The molecule has 11 heteroatoms. The van der Waals surface area contributed by atoms with E-state index in [4.69, 9.17) is 8.92 Å². The second kappa shape index (κ2) is 10.6. The Bertz CT molecular complexity index is 961. The molecule has 0 aliphatic heterocycles. The number of anilines is 1. The SMILES string of the molecule is COCCCN(Cc1ccc(OS(C)(=O)=O)cc1)C(=O)Nc1ccc([N+](=O)[O-])cc1. The van der Waals surface area contributed by atoms with E-state index in [9.17, 15) is 23.3 Å². The van der Waals surface area contributed by atoms with Crippen molar-refractivity contribution in [2.45, 2.75) is 13.0 Å². The molecule has 2 amide bonds. The van der Waals surface area contributed by atoms with Crippen LogP contribution in [0.3, 0.4) is 0 Å². The van der Waals surface area contributed by atoms with E-state index in [0.717, 1.165) is 11.8 Å². The van der Waals surface area contributed by atoms with Gasteiger partial charge in [0.15, 0.2) is 0 Å². The molecule has 0 unspecified atom stereocenters. The van der Waals surface area contributed by atoms with Crippen molar-refractivity contribution in [2.24, 2.45) is 0 Å². The Morgan fingerprint density at radius 3 is 2.30 bits per heavy atom. The Morgan fingerprint density at radius 1 is 1.13 bits per heavy atom. The summed E-state index contributed by atoms with van der Waals surface area (Å²) in [7, 11) is -2.04. The first-order valence-electron chi connectivity index (χ1n) is 8.95. The molecule has 0 fully saturated rings. The number of urea groups is 1. The van der Waals surface area contributed by atoms with Crippen LogP contribution in [0.1, 0.15) is 12.0 Å². The van der Waals surface area contributed by atoms with Crippen LogP contribution in [0.25, 0.3) is 0 Å². The van der Waals surface area contributed by atoms with Crippen LogP contribution in [0.4, 0.5) is 16.2 Å². The van der Waals surface area contributed by atoms with E-state index in [1.807, 2.05) is 0 Å². The molecule has 0 aromatic heterocycles. The number of hydrogen-bond donors (Lipinski definition) is 1. The van der Waals surface area contributed by atoms with E-state index in [2.05, 4.69) is 5.32 Å². The Labute approximate surface area is 174 Å². The van der Waals surface area contributed by atoms with Gasteiger partial charge in [0.2, 0.25) is 0 Å². The van der Waals surface area contributed by atoms with Gasteiger partial charge in [-0.05, 0) is 36.2 Å². The fraction of sp³-hybridized carbons (Fsp3) is 0.316. The van der Waals surface area contributed by atoms with Gasteiger partial charge >= 0.3 is 16.1 Å². The third-order valence-corrected chi connectivity index (χ3v) is 4.43. The van der Waals surface area contributed by atoms with Gasteiger partial charge < -0.3 is 19.1 Å². The highest BCUT2D eigenvalue weighted by Crippen LogP contribution is 2.18. The molecule has 0 saturated carbocycles. The zero-order chi connectivity index (χ0) is 22.1. The Hall–Kier alpha value is -3.18. The Kier molecular flexibility index (Phi) is 8.13. The van der Waals surface area contributed by atoms with Crippen molar-refractivity contribution < 1.29 is 27.1 Å². The molecular formula is C19H23N3O7S. The summed E-state index contributed by atoms with van der Waals surface area (Å²) in [5.74, 6) is 0.183. The lowest BCUT2D eigenvalue weighted by molar-refractivity contribution is -0.384. The summed E-state index contributed by atoms with van der Waals surface area (Å²) in [5.41, 5.74) is 1.13. The van der Waals surface area contributed by atoms with Crippen molar-refractivity contribution in [2.75, 3.05) is 31.8 Å². The lowest BCUT2D eigenvalue weighted by Gasteiger charge is -2.23. The molecule has 2 rings (SSSR count). The van der Waals surface area contributed by atoms with Crippen molar-refractivity contribution in [1.29, 1.82) is 0 Å². The maximum Gasteiger partial charge on any atom is 0.322 e.